The first-order chi connectivity index (χ1) is 10.1. The standard InChI is InChI=1S/C15H11ClFNO2S/c1-10-7-8-21-14(10)5-6-15(19)20-18-9-11-12(16)3-2-4-13(11)17/h2-9H,1H3/b6-5+,18-9-. The SMILES string of the molecule is Cc1ccsc1/C=C/C(=O)O/N=C\c1c(F)cccc1Cl. The van der Waals surface area contributed by atoms with Crippen molar-refractivity contribution >= 4 is 41.2 Å². The molecule has 0 fully saturated rings. The van der Waals surface area contributed by atoms with Crippen LogP contribution in [0.25, 0.3) is 6.08 Å². The van der Waals surface area contributed by atoms with Crippen LogP contribution < -0.4 is 0 Å². The molecule has 1 aromatic carbocycles. The summed E-state index contributed by atoms with van der Waals surface area (Å²) in [7, 11) is 0. The molecular formula is C15H11ClFNO2S. The fourth-order valence-electron chi connectivity index (χ4n) is 1.49. The van der Waals surface area contributed by atoms with Gasteiger partial charge in [0.25, 0.3) is 0 Å². The Morgan fingerprint density at radius 1 is 1.43 bits per heavy atom. The first-order valence-corrected chi connectivity index (χ1v) is 7.24. The lowest BCUT2D eigenvalue weighted by molar-refractivity contribution is -0.137. The lowest BCUT2D eigenvalue weighted by atomic mass is 10.2. The van der Waals surface area contributed by atoms with Crippen LogP contribution in [0.2, 0.25) is 5.02 Å². The number of carbonyl (C=O) groups is 1. The molecule has 0 saturated carbocycles. The van der Waals surface area contributed by atoms with Gasteiger partial charge in [0.15, 0.2) is 0 Å². The molecule has 0 unspecified atom stereocenters. The van der Waals surface area contributed by atoms with E-state index in [-0.39, 0.29) is 10.6 Å². The summed E-state index contributed by atoms with van der Waals surface area (Å²) in [6, 6.07) is 6.20. The minimum absolute atomic E-state index is 0.0741. The molecule has 6 heteroatoms. The zero-order valence-electron chi connectivity index (χ0n) is 11.0. The summed E-state index contributed by atoms with van der Waals surface area (Å²) in [6.07, 6.45) is 3.98. The highest BCUT2D eigenvalue weighted by Gasteiger charge is 2.04. The number of carbonyl (C=O) groups excluding carboxylic acids is 1. The van der Waals surface area contributed by atoms with Gasteiger partial charge in [0.1, 0.15) is 5.82 Å². The number of hydrogen-bond acceptors (Lipinski definition) is 4. The zero-order valence-corrected chi connectivity index (χ0v) is 12.6. The lowest BCUT2D eigenvalue weighted by Gasteiger charge is -1.98. The molecule has 3 nitrogen and oxygen atoms in total. The van der Waals surface area contributed by atoms with E-state index in [9.17, 15) is 9.18 Å². The van der Waals surface area contributed by atoms with Gasteiger partial charge in [-0.2, -0.15) is 0 Å². The molecule has 0 spiro atoms. The third-order valence-corrected chi connectivity index (χ3v) is 3.91. The van der Waals surface area contributed by atoms with E-state index in [1.807, 2.05) is 18.4 Å². The van der Waals surface area contributed by atoms with Crippen LogP contribution in [0.5, 0.6) is 0 Å². The van der Waals surface area contributed by atoms with Crippen molar-refractivity contribution < 1.29 is 14.0 Å². The van der Waals surface area contributed by atoms with Crippen LogP contribution >= 0.6 is 22.9 Å². The maximum Gasteiger partial charge on any atom is 0.358 e. The van der Waals surface area contributed by atoms with Gasteiger partial charge in [-0.3, -0.25) is 0 Å². The monoisotopic (exact) mass is 323 g/mol. The van der Waals surface area contributed by atoms with E-state index in [0.717, 1.165) is 16.7 Å². The van der Waals surface area contributed by atoms with Crippen LogP contribution in [-0.2, 0) is 9.63 Å². The van der Waals surface area contributed by atoms with Crippen LogP contribution in [0.1, 0.15) is 16.0 Å². The van der Waals surface area contributed by atoms with Gasteiger partial charge in [-0.25, -0.2) is 9.18 Å². The third kappa shape index (κ3) is 4.24. The molecule has 0 aliphatic rings. The molecule has 0 N–H and O–H groups in total. The molecule has 0 radical (unpaired) electrons. The maximum absolute atomic E-state index is 13.4. The largest absolute Gasteiger partial charge is 0.358 e. The van der Waals surface area contributed by atoms with Gasteiger partial charge in [-0.1, -0.05) is 22.8 Å². The Morgan fingerprint density at radius 3 is 2.90 bits per heavy atom. The predicted octanol–water partition coefficient (Wildman–Crippen LogP) is 4.44. The lowest BCUT2D eigenvalue weighted by Crippen LogP contribution is -1.96. The molecule has 1 aromatic heterocycles. The van der Waals surface area contributed by atoms with Gasteiger partial charge in [0.05, 0.1) is 16.8 Å². The Kier molecular flexibility index (Phi) is 5.25. The summed E-state index contributed by atoms with van der Waals surface area (Å²) in [5.74, 6) is -1.18. The summed E-state index contributed by atoms with van der Waals surface area (Å²) < 4.78 is 13.4. The number of thiophene rings is 1. The fraction of sp³-hybridized carbons (Fsp3) is 0.0667. The van der Waals surface area contributed by atoms with Crippen LogP contribution in [0, 0.1) is 12.7 Å². The molecule has 0 aliphatic carbocycles. The van der Waals surface area contributed by atoms with E-state index in [2.05, 4.69) is 9.99 Å². The van der Waals surface area contributed by atoms with Gasteiger partial charge in [-0.05, 0) is 42.1 Å². The van der Waals surface area contributed by atoms with Crippen molar-refractivity contribution in [1.29, 1.82) is 0 Å². The summed E-state index contributed by atoms with van der Waals surface area (Å²) in [6.45, 7) is 1.94. The van der Waals surface area contributed by atoms with Crippen molar-refractivity contribution in [3.8, 4) is 0 Å². The third-order valence-electron chi connectivity index (χ3n) is 2.60. The van der Waals surface area contributed by atoms with Crippen LogP contribution in [-0.4, -0.2) is 12.2 Å². The van der Waals surface area contributed by atoms with E-state index in [1.165, 1.54) is 35.6 Å². The molecular weight excluding hydrogens is 313 g/mol. The Morgan fingerprint density at radius 2 is 2.24 bits per heavy atom. The number of halogens is 2. The Labute approximate surface area is 130 Å². The summed E-state index contributed by atoms with van der Waals surface area (Å²) in [4.78, 5) is 17.0. The average Bonchev–Trinajstić information content (AvgIpc) is 2.85. The molecule has 0 bridgehead atoms. The Balaban J connectivity index is 1.97. The van der Waals surface area contributed by atoms with Gasteiger partial charge >= 0.3 is 5.97 Å². The first kappa shape index (κ1) is 15.4. The number of nitrogens with zero attached hydrogens (tertiary/aromatic N) is 1. The molecule has 2 aromatic rings. The van der Waals surface area contributed by atoms with Crippen molar-refractivity contribution in [1.82, 2.24) is 0 Å². The van der Waals surface area contributed by atoms with Crippen molar-refractivity contribution in [2.75, 3.05) is 0 Å². The van der Waals surface area contributed by atoms with Crippen LogP contribution in [0.15, 0.2) is 40.9 Å². The predicted molar refractivity (Wildman–Crippen MR) is 83.2 cm³/mol. The molecule has 0 atom stereocenters. The van der Waals surface area contributed by atoms with Crippen LogP contribution in [0.4, 0.5) is 4.39 Å². The summed E-state index contributed by atoms with van der Waals surface area (Å²) in [5.41, 5.74) is 1.15. The molecule has 108 valence electrons. The number of rotatable bonds is 4. The highest BCUT2D eigenvalue weighted by molar-refractivity contribution is 7.11. The normalized spacial score (nSPS) is 11.4. The number of hydrogen-bond donors (Lipinski definition) is 0. The number of oxime groups is 1. The maximum atomic E-state index is 13.4. The highest BCUT2D eigenvalue weighted by Crippen LogP contribution is 2.18. The molecule has 0 saturated heterocycles. The van der Waals surface area contributed by atoms with Gasteiger partial charge in [-0.15, -0.1) is 11.3 Å². The van der Waals surface area contributed by atoms with E-state index >= 15 is 0 Å². The summed E-state index contributed by atoms with van der Waals surface area (Å²) in [5, 5.41) is 5.56. The number of benzene rings is 1. The van der Waals surface area contributed by atoms with E-state index in [4.69, 9.17) is 11.6 Å². The van der Waals surface area contributed by atoms with Gasteiger partial charge < -0.3 is 4.84 Å². The molecule has 0 amide bonds. The van der Waals surface area contributed by atoms with Crippen molar-refractivity contribution in [3.63, 3.8) is 0 Å². The van der Waals surface area contributed by atoms with Gasteiger partial charge in [0, 0.05) is 11.0 Å². The molecule has 21 heavy (non-hydrogen) atoms. The summed E-state index contributed by atoms with van der Waals surface area (Å²) >= 11 is 7.32. The zero-order chi connectivity index (χ0) is 15.2. The van der Waals surface area contributed by atoms with Crippen LogP contribution in [0.3, 0.4) is 0 Å². The molecule has 0 aliphatic heterocycles. The first-order valence-electron chi connectivity index (χ1n) is 5.98. The van der Waals surface area contributed by atoms with Crippen molar-refractivity contribution in [2.24, 2.45) is 5.16 Å². The second-order valence-corrected chi connectivity index (χ2v) is 5.44. The molecule has 2 rings (SSSR count). The molecule has 1 heterocycles. The Bertz CT molecular complexity index is 689. The van der Waals surface area contributed by atoms with Crippen molar-refractivity contribution in [2.45, 2.75) is 6.92 Å². The second kappa shape index (κ2) is 7.15. The quantitative estimate of drug-likeness (QED) is 0.361. The number of aryl methyl sites for hydroxylation is 1. The van der Waals surface area contributed by atoms with E-state index < -0.39 is 11.8 Å². The second-order valence-electron chi connectivity index (χ2n) is 4.08. The van der Waals surface area contributed by atoms with Crippen molar-refractivity contribution in [3.05, 3.63) is 62.6 Å². The highest BCUT2D eigenvalue weighted by atomic mass is 35.5. The Hall–Kier alpha value is -1.98. The minimum atomic E-state index is -0.647. The average molecular weight is 324 g/mol. The van der Waals surface area contributed by atoms with Gasteiger partial charge in [0.2, 0.25) is 0 Å². The fourth-order valence-corrected chi connectivity index (χ4v) is 2.53. The van der Waals surface area contributed by atoms with E-state index in [0.29, 0.717) is 0 Å². The smallest absolute Gasteiger partial charge is 0.313 e. The van der Waals surface area contributed by atoms with E-state index in [1.54, 1.807) is 6.08 Å². The minimum Gasteiger partial charge on any atom is -0.313 e. The topological polar surface area (TPSA) is 38.7 Å².